The first-order valence-electron chi connectivity index (χ1n) is 8.32. The number of benzene rings is 1. The van der Waals surface area contributed by atoms with Crippen molar-refractivity contribution in [3.05, 3.63) is 33.9 Å². The third-order valence-electron chi connectivity index (χ3n) is 3.87. The lowest BCUT2D eigenvalue weighted by Crippen LogP contribution is -2.32. The molecular weight excluding hydrogens is 395 g/mol. The van der Waals surface area contributed by atoms with Crippen molar-refractivity contribution < 1.29 is 13.2 Å². The van der Waals surface area contributed by atoms with Crippen LogP contribution in [0.3, 0.4) is 0 Å². The Morgan fingerprint density at radius 1 is 1.23 bits per heavy atom. The molecule has 5 nitrogen and oxygen atoms in total. The summed E-state index contributed by atoms with van der Waals surface area (Å²) in [5, 5.41) is 4.39. The van der Waals surface area contributed by atoms with E-state index in [9.17, 15) is 13.2 Å². The maximum Gasteiger partial charge on any atom is 0.253 e. The van der Waals surface area contributed by atoms with Crippen molar-refractivity contribution in [2.45, 2.75) is 33.7 Å². The number of fused-ring (bicyclic) bond motifs is 1. The SMILES string of the molecule is CC(C)(C)CNC(=O)c1cn(CCCS(C)(=O)=O)c2c(Cl)c(Cl)ccc12. The highest BCUT2D eigenvalue weighted by Crippen LogP contribution is 2.34. The Hall–Kier alpha value is -1.24. The summed E-state index contributed by atoms with van der Waals surface area (Å²) >= 11 is 12.5. The molecule has 0 aliphatic rings. The summed E-state index contributed by atoms with van der Waals surface area (Å²) in [5.41, 5.74) is 1.11. The molecule has 0 saturated heterocycles. The van der Waals surface area contributed by atoms with E-state index in [0.29, 0.717) is 46.0 Å². The van der Waals surface area contributed by atoms with Crippen molar-refractivity contribution in [3.8, 4) is 0 Å². The largest absolute Gasteiger partial charge is 0.351 e. The first-order chi connectivity index (χ1) is 11.9. The third kappa shape index (κ3) is 5.38. The maximum atomic E-state index is 12.7. The lowest BCUT2D eigenvalue weighted by Gasteiger charge is -2.18. The van der Waals surface area contributed by atoms with Crippen LogP contribution in [0.4, 0.5) is 0 Å². The molecule has 26 heavy (non-hydrogen) atoms. The van der Waals surface area contributed by atoms with E-state index in [0.717, 1.165) is 0 Å². The maximum absolute atomic E-state index is 12.7. The average molecular weight is 419 g/mol. The van der Waals surface area contributed by atoms with Gasteiger partial charge < -0.3 is 9.88 Å². The van der Waals surface area contributed by atoms with Gasteiger partial charge in [-0.05, 0) is 17.9 Å². The molecule has 8 heteroatoms. The summed E-state index contributed by atoms with van der Waals surface area (Å²) in [7, 11) is -3.05. The van der Waals surface area contributed by atoms with E-state index < -0.39 is 9.84 Å². The number of aromatic nitrogens is 1. The number of sulfone groups is 1. The van der Waals surface area contributed by atoms with E-state index in [1.807, 2.05) is 20.8 Å². The van der Waals surface area contributed by atoms with E-state index in [1.54, 1.807) is 22.9 Å². The Labute approximate surface area is 164 Å². The topological polar surface area (TPSA) is 68.2 Å². The molecule has 1 aromatic carbocycles. The van der Waals surface area contributed by atoms with E-state index in [4.69, 9.17) is 23.2 Å². The number of aryl methyl sites for hydroxylation is 1. The zero-order valence-corrected chi connectivity index (χ0v) is 17.7. The normalized spacial score (nSPS) is 12.5. The Kier molecular flexibility index (Phi) is 6.31. The van der Waals surface area contributed by atoms with Gasteiger partial charge in [0.05, 0.1) is 26.9 Å². The number of nitrogens with one attached hydrogen (secondary N) is 1. The van der Waals surface area contributed by atoms with Gasteiger partial charge in [-0.3, -0.25) is 4.79 Å². The van der Waals surface area contributed by atoms with Crippen LogP contribution in [0.25, 0.3) is 10.9 Å². The lowest BCUT2D eigenvalue weighted by atomic mass is 9.97. The van der Waals surface area contributed by atoms with Crippen LogP contribution in [-0.4, -0.2) is 37.4 Å². The summed E-state index contributed by atoms with van der Waals surface area (Å²) in [6.07, 6.45) is 3.34. The van der Waals surface area contributed by atoms with E-state index in [1.165, 1.54) is 6.26 Å². The molecule has 0 unspecified atom stereocenters. The van der Waals surface area contributed by atoms with Crippen LogP contribution in [-0.2, 0) is 16.4 Å². The standard InChI is InChI=1S/C18H24Cl2N2O3S/c1-18(2,3)11-21-17(23)13-10-22(8-5-9-26(4,24)25)16-12(13)6-7-14(19)15(16)20/h6-7,10H,5,8-9,11H2,1-4H3,(H,21,23). The van der Waals surface area contributed by atoms with Gasteiger partial charge in [-0.15, -0.1) is 0 Å². The van der Waals surface area contributed by atoms with Gasteiger partial charge in [0.2, 0.25) is 0 Å². The second-order valence-corrected chi connectivity index (χ2v) is 10.8. The third-order valence-corrected chi connectivity index (χ3v) is 5.69. The monoisotopic (exact) mass is 418 g/mol. The molecule has 0 bridgehead atoms. The summed E-state index contributed by atoms with van der Waals surface area (Å²) in [4.78, 5) is 12.7. The van der Waals surface area contributed by atoms with Crippen molar-refractivity contribution in [1.82, 2.24) is 9.88 Å². The van der Waals surface area contributed by atoms with Gasteiger partial charge in [-0.2, -0.15) is 0 Å². The Balaban J connectivity index is 2.39. The van der Waals surface area contributed by atoms with Crippen molar-refractivity contribution >= 4 is 49.8 Å². The van der Waals surface area contributed by atoms with Crippen molar-refractivity contribution in [2.75, 3.05) is 18.6 Å². The number of rotatable bonds is 6. The highest BCUT2D eigenvalue weighted by molar-refractivity contribution is 7.90. The van der Waals surface area contributed by atoms with Gasteiger partial charge in [0.1, 0.15) is 9.84 Å². The average Bonchev–Trinajstić information content (AvgIpc) is 2.86. The van der Waals surface area contributed by atoms with E-state index in [-0.39, 0.29) is 17.1 Å². The van der Waals surface area contributed by atoms with Crippen LogP contribution in [0, 0.1) is 5.41 Å². The molecule has 0 spiro atoms. The van der Waals surface area contributed by atoms with Gasteiger partial charge in [0.15, 0.2) is 0 Å². The molecule has 0 aliphatic carbocycles. The molecule has 1 aromatic heterocycles. The zero-order valence-electron chi connectivity index (χ0n) is 15.4. The molecule has 0 radical (unpaired) electrons. The summed E-state index contributed by atoms with van der Waals surface area (Å²) in [5.74, 6) is -0.124. The number of amides is 1. The summed E-state index contributed by atoms with van der Waals surface area (Å²) < 4.78 is 24.6. The zero-order chi connectivity index (χ0) is 19.7. The Bertz CT molecular complexity index is 928. The molecule has 0 atom stereocenters. The molecule has 1 amide bonds. The fourth-order valence-corrected chi connectivity index (χ4v) is 3.70. The van der Waals surface area contributed by atoms with Crippen LogP contribution in [0.2, 0.25) is 10.0 Å². The van der Waals surface area contributed by atoms with Crippen molar-refractivity contribution in [3.63, 3.8) is 0 Å². The smallest absolute Gasteiger partial charge is 0.253 e. The number of carbonyl (C=O) groups excluding carboxylic acids is 1. The van der Waals surface area contributed by atoms with Crippen LogP contribution in [0.15, 0.2) is 18.3 Å². The predicted octanol–water partition coefficient (Wildman–Crippen LogP) is 4.16. The predicted molar refractivity (Wildman–Crippen MR) is 108 cm³/mol. The van der Waals surface area contributed by atoms with Gasteiger partial charge in [-0.25, -0.2) is 8.42 Å². The second-order valence-electron chi connectivity index (χ2n) is 7.72. The van der Waals surface area contributed by atoms with Crippen LogP contribution >= 0.6 is 23.2 Å². The molecule has 1 N–H and O–H groups in total. The van der Waals surface area contributed by atoms with Gasteiger partial charge >= 0.3 is 0 Å². The van der Waals surface area contributed by atoms with Crippen molar-refractivity contribution in [2.24, 2.45) is 5.41 Å². The van der Waals surface area contributed by atoms with Gasteiger partial charge in [0, 0.05) is 30.9 Å². The highest BCUT2D eigenvalue weighted by atomic mass is 35.5. The minimum atomic E-state index is -3.05. The fraction of sp³-hybridized carbons (Fsp3) is 0.500. The summed E-state index contributed by atoms with van der Waals surface area (Å²) in [6, 6.07) is 3.43. The number of halogens is 2. The molecule has 0 aliphatic heterocycles. The quantitative estimate of drug-likeness (QED) is 0.765. The minimum Gasteiger partial charge on any atom is -0.351 e. The van der Waals surface area contributed by atoms with E-state index >= 15 is 0 Å². The Morgan fingerprint density at radius 2 is 1.88 bits per heavy atom. The molecule has 0 saturated carbocycles. The van der Waals surface area contributed by atoms with Gasteiger partial charge in [0.25, 0.3) is 5.91 Å². The minimum absolute atomic E-state index is 0.0372. The van der Waals surface area contributed by atoms with E-state index in [2.05, 4.69) is 5.32 Å². The second kappa shape index (κ2) is 7.79. The molecule has 2 aromatic rings. The number of nitrogens with zero attached hydrogens (tertiary/aromatic N) is 1. The fourth-order valence-electron chi connectivity index (χ4n) is 2.62. The van der Waals surface area contributed by atoms with Gasteiger partial charge in [-0.1, -0.05) is 50.0 Å². The first kappa shape index (κ1) is 21.1. The summed E-state index contributed by atoms with van der Waals surface area (Å²) in [6.45, 7) is 7.08. The molecule has 1 heterocycles. The van der Waals surface area contributed by atoms with Crippen LogP contribution < -0.4 is 5.32 Å². The molecule has 144 valence electrons. The lowest BCUT2D eigenvalue weighted by molar-refractivity contribution is 0.0940. The van der Waals surface area contributed by atoms with Crippen LogP contribution in [0.1, 0.15) is 37.6 Å². The molecule has 2 rings (SSSR count). The van der Waals surface area contributed by atoms with Crippen LogP contribution in [0.5, 0.6) is 0 Å². The number of carbonyl (C=O) groups is 1. The van der Waals surface area contributed by atoms with Crippen molar-refractivity contribution in [1.29, 1.82) is 0 Å². The number of hydrogen-bond acceptors (Lipinski definition) is 3. The number of hydrogen-bond donors (Lipinski definition) is 1. The highest BCUT2D eigenvalue weighted by Gasteiger charge is 2.20. The Morgan fingerprint density at radius 3 is 2.46 bits per heavy atom. The molecular formula is C18H24Cl2N2O3S. The molecule has 0 fully saturated rings. The first-order valence-corrected chi connectivity index (χ1v) is 11.1.